The zero-order valence-corrected chi connectivity index (χ0v) is 10.1. The van der Waals surface area contributed by atoms with Crippen LogP contribution in [0.1, 0.15) is 10.4 Å². The quantitative estimate of drug-likeness (QED) is 0.823. The Morgan fingerprint density at radius 2 is 2.06 bits per heavy atom. The summed E-state index contributed by atoms with van der Waals surface area (Å²) >= 11 is 7.19. The first kappa shape index (κ1) is 11.1. The second-order valence-corrected chi connectivity index (χ2v) is 4.50. The molecule has 0 fully saturated rings. The van der Waals surface area contributed by atoms with Crippen molar-refractivity contribution in [1.82, 2.24) is 4.98 Å². The van der Waals surface area contributed by atoms with E-state index < -0.39 is 0 Å². The molecule has 0 atom stereocenters. The van der Waals surface area contributed by atoms with Crippen molar-refractivity contribution in [2.45, 2.75) is 0 Å². The standard InChI is InChI=1S/C11H9ClN2OS/c1-14(11-13-6-7-16-11)10(15)8-2-4-9(12)5-3-8/h2-7H,1H3. The van der Waals surface area contributed by atoms with Crippen LogP contribution in [0.3, 0.4) is 0 Å². The number of halogens is 1. The third kappa shape index (κ3) is 2.23. The van der Waals surface area contributed by atoms with E-state index >= 15 is 0 Å². The van der Waals surface area contributed by atoms with E-state index in [4.69, 9.17) is 11.6 Å². The molecule has 0 saturated carbocycles. The third-order valence-corrected chi connectivity index (χ3v) is 3.20. The van der Waals surface area contributed by atoms with Gasteiger partial charge in [-0.05, 0) is 24.3 Å². The molecule has 0 aliphatic rings. The average molecular weight is 253 g/mol. The maximum Gasteiger partial charge on any atom is 0.259 e. The Labute approximate surface area is 102 Å². The summed E-state index contributed by atoms with van der Waals surface area (Å²) < 4.78 is 0. The lowest BCUT2D eigenvalue weighted by Crippen LogP contribution is -2.25. The van der Waals surface area contributed by atoms with Crippen molar-refractivity contribution in [3.63, 3.8) is 0 Å². The van der Waals surface area contributed by atoms with Crippen LogP contribution in [0, 0.1) is 0 Å². The highest BCUT2D eigenvalue weighted by atomic mass is 35.5. The molecule has 82 valence electrons. The Hall–Kier alpha value is -1.39. The van der Waals surface area contributed by atoms with Gasteiger partial charge >= 0.3 is 0 Å². The summed E-state index contributed by atoms with van der Waals surface area (Å²) in [6, 6.07) is 6.80. The molecule has 1 heterocycles. The molecule has 0 N–H and O–H groups in total. The molecular formula is C11H9ClN2OS. The topological polar surface area (TPSA) is 33.2 Å². The van der Waals surface area contributed by atoms with Gasteiger partial charge in [-0.1, -0.05) is 11.6 Å². The lowest BCUT2D eigenvalue weighted by Gasteiger charge is -2.13. The van der Waals surface area contributed by atoms with E-state index in [0.717, 1.165) is 0 Å². The number of hydrogen-bond acceptors (Lipinski definition) is 3. The Bertz CT molecular complexity index is 481. The molecule has 2 rings (SSSR count). The van der Waals surface area contributed by atoms with Crippen LogP contribution in [0.15, 0.2) is 35.8 Å². The van der Waals surface area contributed by atoms with Crippen molar-refractivity contribution in [2.24, 2.45) is 0 Å². The number of thiazole rings is 1. The first-order valence-electron chi connectivity index (χ1n) is 4.61. The van der Waals surface area contributed by atoms with Crippen LogP contribution in [-0.2, 0) is 0 Å². The highest BCUT2D eigenvalue weighted by Crippen LogP contribution is 2.18. The molecule has 0 spiro atoms. The van der Waals surface area contributed by atoms with Crippen molar-refractivity contribution in [1.29, 1.82) is 0 Å². The van der Waals surface area contributed by atoms with Crippen LogP contribution < -0.4 is 4.90 Å². The van der Waals surface area contributed by atoms with E-state index in [9.17, 15) is 4.79 Å². The zero-order chi connectivity index (χ0) is 11.5. The molecule has 1 aromatic heterocycles. The minimum Gasteiger partial charge on any atom is -0.287 e. The largest absolute Gasteiger partial charge is 0.287 e. The van der Waals surface area contributed by atoms with Gasteiger partial charge in [0.05, 0.1) is 0 Å². The van der Waals surface area contributed by atoms with Gasteiger partial charge in [-0.15, -0.1) is 11.3 Å². The second-order valence-electron chi connectivity index (χ2n) is 3.19. The first-order valence-corrected chi connectivity index (χ1v) is 5.87. The molecule has 0 unspecified atom stereocenters. The Morgan fingerprint density at radius 3 is 2.62 bits per heavy atom. The fourth-order valence-corrected chi connectivity index (χ4v) is 1.99. The lowest BCUT2D eigenvalue weighted by atomic mass is 10.2. The third-order valence-electron chi connectivity index (χ3n) is 2.10. The number of carbonyl (C=O) groups excluding carboxylic acids is 1. The smallest absolute Gasteiger partial charge is 0.259 e. The van der Waals surface area contributed by atoms with Gasteiger partial charge in [0.25, 0.3) is 5.91 Å². The van der Waals surface area contributed by atoms with Gasteiger partial charge < -0.3 is 0 Å². The van der Waals surface area contributed by atoms with Crippen molar-refractivity contribution in [3.05, 3.63) is 46.4 Å². The van der Waals surface area contributed by atoms with Crippen molar-refractivity contribution >= 4 is 34.0 Å². The number of hydrogen-bond donors (Lipinski definition) is 0. The minimum absolute atomic E-state index is 0.0911. The normalized spacial score (nSPS) is 10.1. The molecule has 16 heavy (non-hydrogen) atoms. The number of anilines is 1. The monoisotopic (exact) mass is 252 g/mol. The van der Waals surface area contributed by atoms with Crippen molar-refractivity contribution in [3.8, 4) is 0 Å². The van der Waals surface area contributed by atoms with Gasteiger partial charge in [0.15, 0.2) is 5.13 Å². The predicted octanol–water partition coefficient (Wildman–Crippen LogP) is 3.07. The number of carbonyl (C=O) groups is 1. The number of rotatable bonds is 2. The van der Waals surface area contributed by atoms with Gasteiger partial charge in [-0.25, -0.2) is 4.98 Å². The fraction of sp³-hybridized carbons (Fsp3) is 0.0909. The van der Waals surface area contributed by atoms with E-state index in [1.165, 1.54) is 16.2 Å². The maximum absolute atomic E-state index is 12.0. The SMILES string of the molecule is CN(C(=O)c1ccc(Cl)cc1)c1nccs1. The van der Waals surface area contributed by atoms with E-state index in [2.05, 4.69) is 4.98 Å². The Balaban J connectivity index is 2.22. The van der Waals surface area contributed by atoms with Crippen molar-refractivity contribution < 1.29 is 4.79 Å². The molecule has 0 saturated heterocycles. The number of benzene rings is 1. The van der Waals surface area contributed by atoms with Crippen LogP contribution in [0.2, 0.25) is 5.02 Å². The van der Waals surface area contributed by atoms with Crippen LogP contribution in [0.25, 0.3) is 0 Å². The maximum atomic E-state index is 12.0. The van der Waals surface area contributed by atoms with Crippen molar-refractivity contribution in [2.75, 3.05) is 11.9 Å². The van der Waals surface area contributed by atoms with E-state index in [1.807, 2.05) is 5.38 Å². The van der Waals surface area contributed by atoms with Crippen LogP contribution in [0.5, 0.6) is 0 Å². The molecule has 0 radical (unpaired) electrons. The summed E-state index contributed by atoms with van der Waals surface area (Å²) in [4.78, 5) is 17.6. The van der Waals surface area contributed by atoms with Crippen LogP contribution >= 0.6 is 22.9 Å². The van der Waals surface area contributed by atoms with Gasteiger partial charge in [0, 0.05) is 29.2 Å². The summed E-state index contributed by atoms with van der Waals surface area (Å²) in [7, 11) is 1.70. The molecular weight excluding hydrogens is 244 g/mol. The number of amides is 1. The lowest BCUT2D eigenvalue weighted by molar-refractivity contribution is 0.0993. The van der Waals surface area contributed by atoms with E-state index in [0.29, 0.717) is 15.7 Å². The molecule has 0 aliphatic heterocycles. The highest BCUT2D eigenvalue weighted by molar-refractivity contribution is 7.13. The number of nitrogens with zero attached hydrogens (tertiary/aromatic N) is 2. The summed E-state index contributed by atoms with van der Waals surface area (Å²) in [5, 5.41) is 3.13. The Morgan fingerprint density at radius 1 is 1.38 bits per heavy atom. The van der Waals surface area contributed by atoms with Gasteiger partial charge in [0.2, 0.25) is 0 Å². The average Bonchev–Trinajstić information content (AvgIpc) is 2.81. The first-order chi connectivity index (χ1) is 7.68. The Kier molecular flexibility index (Phi) is 3.22. The molecule has 0 aliphatic carbocycles. The van der Waals surface area contributed by atoms with E-state index in [1.54, 1.807) is 37.5 Å². The number of aromatic nitrogens is 1. The molecule has 3 nitrogen and oxygen atoms in total. The van der Waals surface area contributed by atoms with E-state index in [-0.39, 0.29) is 5.91 Å². The summed E-state index contributed by atoms with van der Waals surface area (Å²) in [6.45, 7) is 0. The molecule has 0 bridgehead atoms. The minimum atomic E-state index is -0.0911. The predicted molar refractivity (Wildman–Crippen MR) is 66.3 cm³/mol. The molecule has 1 amide bonds. The fourth-order valence-electron chi connectivity index (χ4n) is 1.25. The second kappa shape index (κ2) is 4.63. The summed E-state index contributed by atoms with van der Waals surface area (Å²) in [5.74, 6) is -0.0911. The summed E-state index contributed by atoms with van der Waals surface area (Å²) in [6.07, 6.45) is 1.67. The molecule has 5 heteroatoms. The van der Waals surface area contributed by atoms with Crippen LogP contribution in [0.4, 0.5) is 5.13 Å². The van der Waals surface area contributed by atoms with Crippen LogP contribution in [-0.4, -0.2) is 17.9 Å². The summed E-state index contributed by atoms with van der Waals surface area (Å²) in [5.41, 5.74) is 0.599. The highest BCUT2D eigenvalue weighted by Gasteiger charge is 2.14. The molecule has 2 aromatic rings. The van der Waals surface area contributed by atoms with Gasteiger partial charge in [-0.2, -0.15) is 0 Å². The zero-order valence-electron chi connectivity index (χ0n) is 8.55. The van der Waals surface area contributed by atoms with Gasteiger partial charge in [-0.3, -0.25) is 9.69 Å². The molecule has 1 aromatic carbocycles. The van der Waals surface area contributed by atoms with Gasteiger partial charge in [0.1, 0.15) is 0 Å².